The van der Waals surface area contributed by atoms with Crippen molar-refractivity contribution >= 4 is 5.97 Å². The van der Waals surface area contributed by atoms with Gasteiger partial charge in [-0.2, -0.15) is 0 Å². The van der Waals surface area contributed by atoms with E-state index in [-0.39, 0.29) is 12.1 Å². The molecule has 0 aromatic heterocycles. The minimum atomic E-state index is -0.698. The number of hydrogen-bond donors (Lipinski definition) is 1. The molecule has 19 heavy (non-hydrogen) atoms. The van der Waals surface area contributed by atoms with Gasteiger partial charge in [-0.15, -0.1) is 0 Å². The lowest BCUT2D eigenvalue weighted by Crippen LogP contribution is -2.51. The molecule has 1 N–H and O–H groups in total. The van der Waals surface area contributed by atoms with Crippen molar-refractivity contribution in [2.45, 2.75) is 76.5 Å². The number of hydrogen-bond acceptors (Lipinski definition) is 3. The van der Waals surface area contributed by atoms with Crippen molar-refractivity contribution in [2.75, 3.05) is 13.2 Å². The van der Waals surface area contributed by atoms with E-state index in [1.165, 1.54) is 12.8 Å². The lowest BCUT2D eigenvalue weighted by atomic mass is 9.88. The van der Waals surface area contributed by atoms with Crippen LogP contribution in [0.2, 0.25) is 0 Å². The molecule has 0 radical (unpaired) electrons. The molecule has 1 saturated carbocycles. The molecule has 0 spiro atoms. The Kier molecular flexibility index (Phi) is 4.85. The van der Waals surface area contributed by atoms with Crippen LogP contribution < -0.4 is 0 Å². The summed E-state index contributed by atoms with van der Waals surface area (Å²) in [5.74, 6) is -0.698. The first-order chi connectivity index (χ1) is 9.04. The minimum Gasteiger partial charge on any atom is -0.480 e. The second-order valence-electron chi connectivity index (χ2n) is 6.30. The number of ether oxygens (including phenoxy) is 1. The van der Waals surface area contributed by atoms with Crippen molar-refractivity contribution in [3.05, 3.63) is 0 Å². The molecule has 0 amide bonds. The third-order valence-electron chi connectivity index (χ3n) is 4.90. The number of carboxylic acids is 1. The summed E-state index contributed by atoms with van der Waals surface area (Å²) in [6.45, 7) is 5.26. The third-order valence-corrected chi connectivity index (χ3v) is 4.90. The Balaban J connectivity index is 2.06. The van der Waals surface area contributed by atoms with Crippen LogP contribution in [-0.4, -0.2) is 46.8 Å². The lowest BCUT2D eigenvalue weighted by molar-refractivity contribution is -0.143. The van der Waals surface area contributed by atoms with Crippen LogP contribution in [-0.2, 0) is 9.53 Å². The Morgan fingerprint density at radius 3 is 2.58 bits per heavy atom. The third kappa shape index (κ3) is 3.69. The average molecular weight is 269 g/mol. The molecule has 0 aromatic rings. The maximum atomic E-state index is 11.2. The van der Waals surface area contributed by atoms with Crippen LogP contribution in [0.3, 0.4) is 0 Å². The Bertz CT molecular complexity index is 315. The van der Waals surface area contributed by atoms with Crippen LogP contribution in [0, 0.1) is 0 Å². The highest BCUT2D eigenvalue weighted by Crippen LogP contribution is 2.34. The van der Waals surface area contributed by atoms with Gasteiger partial charge in [0.1, 0.15) is 0 Å². The number of carboxylic acid groups (broad SMARTS) is 1. The molecule has 0 bridgehead atoms. The summed E-state index contributed by atoms with van der Waals surface area (Å²) in [6.07, 6.45) is 7.74. The molecule has 1 saturated heterocycles. The number of carbonyl (C=O) groups is 1. The maximum Gasteiger partial charge on any atom is 0.317 e. The van der Waals surface area contributed by atoms with Gasteiger partial charge in [0.15, 0.2) is 0 Å². The van der Waals surface area contributed by atoms with Crippen molar-refractivity contribution in [1.82, 2.24) is 4.90 Å². The van der Waals surface area contributed by atoms with Crippen LogP contribution in [0.5, 0.6) is 0 Å². The first-order valence-electron chi connectivity index (χ1n) is 7.65. The molecule has 4 heteroatoms. The average Bonchev–Trinajstić information content (AvgIpc) is 2.89. The van der Waals surface area contributed by atoms with E-state index in [1.807, 2.05) is 0 Å². The van der Waals surface area contributed by atoms with E-state index < -0.39 is 5.97 Å². The Morgan fingerprint density at radius 2 is 2.00 bits per heavy atom. The molecule has 1 aliphatic heterocycles. The fraction of sp³-hybridized carbons (Fsp3) is 0.933. The summed E-state index contributed by atoms with van der Waals surface area (Å²) >= 11 is 0. The van der Waals surface area contributed by atoms with E-state index >= 15 is 0 Å². The van der Waals surface area contributed by atoms with Crippen LogP contribution >= 0.6 is 0 Å². The Hall–Kier alpha value is -0.610. The highest BCUT2D eigenvalue weighted by Gasteiger charge is 2.38. The van der Waals surface area contributed by atoms with Crippen molar-refractivity contribution in [3.63, 3.8) is 0 Å². The first kappa shape index (κ1) is 14.8. The van der Waals surface area contributed by atoms with E-state index in [0.717, 1.165) is 38.7 Å². The van der Waals surface area contributed by atoms with Crippen molar-refractivity contribution < 1.29 is 14.6 Å². The summed E-state index contributed by atoms with van der Waals surface area (Å²) in [6, 6.07) is 0.846. The standard InChI is InChI=1S/C15H27NO3/c1-3-15(2)10-13(8-9-19-15)16(11-14(17)18)12-6-4-5-7-12/h12-13H,3-11H2,1-2H3,(H,17,18). The predicted octanol–water partition coefficient (Wildman–Crippen LogP) is 2.66. The molecule has 0 aromatic carbocycles. The van der Waals surface area contributed by atoms with E-state index in [2.05, 4.69) is 18.7 Å². The summed E-state index contributed by atoms with van der Waals surface area (Å²) in [7, 11) is 0. The number of rotatable bonds is 5. The normalized spacial score (nSPS) is 32.9. The smallest absolute Gasteiger partial charge is 0.317 e. The molecule has 1 heterocycles. The van der Waals surface area contributed by atoms with Crippen LogP contribution in [0.1, 0.15) is 58.8 Å². The second kappa shape index (κ2) is 6.23. The summed E-state index contributed by atoms with van der Waals surface area (Å²) in [5, 5.41) is 9.19. The van der Waals surface area contributed by atoms with Gasteiger partial charge in [-0.25, -0.2) is 0 Å². The molecule has 2 aliphatic rings. The topological polar surface area (TPSA) is 49.8 Å². The van der Waals surface area contributed by atoms with Crippen molar-refractivity contribution in [2.24, 2.45) is 0 Å². The molecular weight excluding hydrogens is 242 g/mol. The SMILES string of the molecule is CCC1(C)CC(N(CC(=O)O)C2CCCC2)CCO1. The largest absolute Gasteiger partial charge is 0.480 e. The zero-order valence-electron chi connectivity index (χ0n) is 12.2. The van der Waals surface area contributed by atoms with Crippen LogP contribution in [0.25, 0.3) is 0 Å². The summed E-state index contributed by atoms with van der Waals surface area (Å²) < 4.78 is 5.89. The first-order valence-corrected chi connectivity index (χ1v) is 7.65. The summed E-state index contributed by atoms with van der Waals surface area (Å²) in [5.41, 5.74) is -0.0712. The van der Waals surface area contributed by atoms with Gasteiger partial charge in [0.2, 0.25) is 0 Å². The monoisotopic (exact) mass is 269 g/mol. The molecule has 2 atom stereocenters. The molecule has 110 valence electrons. The van der Waals surface area contributed by atoms with Gasteiger partial charge in [0, 0.05) is 18.7 Å². The van der Waals surface area contributed by atoms with Gasteiger partial charge in [0.05, 0.1) is 12.1 Å². The molecular formula is C15H27NO3. The highest BCUT2D eigenvalue weighted by molar-refractivity contribution is 5.69. The second-order valence-corrected chi connectivity index (χ2v) is 6.30. The zero-order chi connectivity index (χ0) is 13.9. The number of nitrogens with zero attached hydrogens (tertiary/aromatic N) is 1. The van der Waals surface area contributed by atoms with Crippen LogP contribution in [0.4, 0.5) is 0 Å². The molecule has 2 rings (SSSR count). The molecule has 2 unspecified atom stereocenters. The lowest BCUT2D eigenvalue weighted by Gasteiger charge is -2.44. The molecule has 4 nitrogen and oxygen atoms in total. The van der Waals surface area contributed by atoms with Crippen molar-refractivity contribution in [3.8, 4) is 0 Å². The van der Waals surface area contributed by atoms with Gasteiger partial charge in [0.25, 0.3) is 0 Å². The Morgan fingerprint density at radius 1 is 1.32 bits per heavy atom. The quantitative estimate of drug-likeness (QED) is 0.833. The zero-order valence-corrected chi connectivity index (χ0v) is 12.2. The van der Waals surface area contributed by atoms with Gasteiger partial charge < -0.3 is 9.84 Å². The predicted molar refractivity (Wildman–Crippen MR) is 74.3 cm³/mol. The van der Waals surface area contributed by atoms with Gasteiger partial charge in [-0.1, -0.05) is 19.8 Å². The van der Waals surface area contributed by atoms with Crippen LogP contribution in [0.15, 0.2) is 0 Å². The highest BCUT2D eigenvalue weighted by atomic mass is 16.5. The summed E-state index contributed by atoms with van der Waals surface area (Å²) in [4.78, 5) is 13.4. The molecule has 2 fully saturated rings. The van der Waals surface area contributed by atoms with Gasteiger partial charge in [-0.05, 0) is 39.0 Å². The number of aliphatic carboxylic acids is 1. The van der Waals surface area contributed by atoms with E-state index in [1.54, 1.807) is 0 Å². The molecule has 1 aliphatic carbocycles. The van der Waals surface area contributed by atoms with E-state index in [0.29, 0.717) is 12.1 Å². The fourth-order valence-electron chi connectivity index (χ4n) is 3.58. The Labute approximate surface area is 116 Å². The van der Waals surface area contributed by atoms with Gasteiger partial charge in [-0.3, -0.25) is 9.69 Å². The maximum absolute atomic E-state index is 11.2. The van der Waals surface area contributed by atoms with E-state index in [4.69, 9.17) is 4.74 Å². The van der Waals surface area contributed by atoms with E-state index in [9.17, 15) is 9.90 Å². The van der Waals surface area contributed by atoms with Crippen molar-refractivity contribution in [1.29, 1.82) is 0 Å². The fourth-order valence-corrected chi connectivity index (χ4v) is 3.58. The van der Waals surface area contributed by atoms with Gasteiger partial charge >= 0.3 is 5.97 Å². The minimum absolute atomic E-state index is 0.0712.